The first-order valence-corrected chi connectivity index (χ1v) is 16.5. The molecule has 0 radical (unpaired) electrons. The summed E-state index contributed by atoms with van der Waals surface area (Å²) in [4.78, 5) is 27.6. The van der Waals surface area contributed by atoms with Crippen molar-refractivity contribution in [1.82, 2.24) is 0 Å². The molecule has 0 saturated carbocycles. The van der Waals surface area contributed by atoms with Crippen molar-refractivity contribution in [3.8, 4) is 5.75 Å². The Hall–Kier alpha value is -3.46. The molecule has 0 saturated heterocycles. The van der Waals surface area contributed by atoms with Gasteiger partial charge < -0.3 is 28.4 Å². The predicted molar refractivity (Wildman–Crippen MR) is 170 cm³/mol. The van der Waals surface area contributed by atoms with E-state index in [-0.39, 0.29) is 23.0 Å². The lowest BCUT2D eigenvalue weighted by atomic mass is 9.69. The summed E-state index contributed by atoms with van der Waals surface area (Å²) in [5, 5.41) is 7.24. The summed E-state index contributed by atoms with van der Waals surface area (Å²) in [6.45, 7) is 10.5. The number of hydrogen-bond donors (Lipinski definition) is 1. The standard InChI is InChI=1S/C34H42N3O5S/c1-22-10-12-28-26(15-22)8-6-14-34(28)20-37-18-24(3)23(2)7-5-9-30(42-32(38)17-35)25(4)19-43(40)36-33(39)27-11-13-31(41-21-34)29(37)16-27/h5,9-13,15-17,23-25,30,35H,6-8,14,18-21H2,1-4H3/q-1/b9-5+,35-17?/t23-,24-,25+,30-,34-/m0/s1. The number of benzene rings is 2. The minimum Gasteiger partial charge on any atom is -0.490 e. The van der Waals surface area contributed by atoms with Gasteiger partial charge in [0.2, 0.25) is 0 Å². The van der Waals surface area contributed by atoms with Crippen molar-refractivity contribution >= 4 is 34.4 Å². The van der Waals surface area contributed by atoms with Gasteiger partial charge in [-0.15, -0.1) is 0 Å². The number of rotatable bonds is 2. The Kier molecular flexibility index (Phi) is 9.39. The highest BCUT2D eigenvalue weighted by Crippen LogP contribution is 2.44. The second-order valence-corrected chi connectivity index (χ2v) is 13.8. The Morgan fingerprint density at radius 2 is 1.98 bits per heavy atom. The molecule has 2 aliphatic heterocycles. The zero-order valence-electron chi connectivity index (χ0n) is 25.5. The number of nitrogens with zero attached hydrogens (tertiary/aromatic N) is 2. The molecule has 3 aliphatic rings. The van der Waals surface area contributed by atoms with E-state index in [0.717, 1.165) is 50.2 Å². The van der Waals surface area contributed by atoms with Crippen LogP contribution in [0.3, 0.4) is 0 Å². The lowest BCUT2D eigenvalue weighted by molar-refractivity contribution is -0.139. The molecule has 2 heterocycles. The van der Waals surface area contributed by atoms with E-state index in [4.69, 9.17) is 14.9 Å². The van der Waals surface area contributed by atoms with Crippen LogP contribution in [0.15, 0.2) is 52.9 Å². The van der Waals surface area contributed by atoms with Crippen molar-refractivity contribution in [3.05, 3.63) is 70.8 Å². The summed E-state index contributed by atoms with van der Waals surface area (Å²) in [6.07, 6.45) is 7.72. The molecule has 8 nitrogen and oxygen atoms in total. The third kappa shape index (κ3) is 6.87. The Morgan fingerprint density at radius 1 is 1.16 bits per heavy atom. The molecule has 230 valence electrons. The average molecular weight is 605 g/mol. The van der Waals surface area contributed by atoms with Gasteiger partial charge in [-0.2, -0.15) is 10.6 Å². The number of aryl methyl sites for hydroxylation is 2. The van der Waals surface area contributed by atoms with Crippen molar-refractivity contribution in [1.29, 1.82) is 5.41 Å². The third-order valence-corrected chi connectivity index (χ3v) is 10.5. The van der Waals surface area contributed by atoms with Crippen LogP contribution >= 0.6 is 0 Å². The SMILES string of the molecule is Cc1ccc2c(c1)CCC[C@]21COc2ccc3cc2N(C[C@H](C)[C@@H](C)C/C=C/[C@H](OC(=O)C=N)[C@H](C)C[S-](=O)=NC3=O)C1. The molecule has 5 rings (SSSR count). The molecule has 1 aliphatic carbocycles. The lowest BCUT2D eigenvalue weighted by Gasteiger charge is -2.42. The van der Waals surface area contributed by atoms with Gasteiger partial charge in [0.25, 0.3) is 5.91 Å². The van der Waals surface area contributed by atoms with Crippen LogP contribution in [-0.4, -0.2) is 49.6 Å². The first-order valence-electron chi connectivity index (χ1n) is 15.2. The number of anilines is 1. The highest BCUT2D eigenvalue weighted by Gasteiger charge is 2.42. The molecule has 0 aromatic heterocycles. The van der Waals surface area contributed by atoms with E-state index in [0.29, 0.717) is 24.3 Å². The molecule has 0 fully saturated rings. The number of amides is 1. The van der Waals surface area contributed by atoms with E-state index < -0.39 is 28.6 Å². The van der Waals surface area contributed by atoms with Gasteiger partial charge in [-0.05, 0) is 85.8 Å². The lowest BCUT2D eigenvalue weighted by Crippen LogP contribution is -2.47. The van der Waals surface area contributed by atoms with E-state index in [1.165, 1.54) is 16.7 Å². The molecule has 1 amide bonds. The fourth-order valence-corrected chi connectivity index (χ4v) is 7.61. The van der Waals surface area contributed by atoms with Gasteiger partial charge in [-0.1, -0.05) is 56.4 Å². The van der Waals surface area contributed by atoms with E-state index in [2.05, 4.69) is 48.2 Å². The van der Waals surface area contributed by atoms with E-state index >= 15 is 0 Å². The smallest absolute Gasteiger partial charge is 0.349 e. The predicted octanol–water partition coefficient (Wildman–Crippen LogP) is 6.19. The fraction of sp³-hybridized carbons (Fsp3) is 0.500. The molecule has 5 atom stereocenters. The summed E-state index contributed by atoms with van der Waals surface area (Å²) < 4.78 is 29.0. The summed E-state index contributed by atoms with van der Waals surface area (Å²) in [5.74, 6) is -0.301. The van der Waals surface area contributed by atoms with Crippen LogP contribution < -0.4 is 9.64 Å². The highest BCUT2D eigenvalue weighted by molar-refractivity contribution is 7.75. The second-order valence-electron chi connectivity index (χ2n) is 12.7. The number of allylic oxidation sites excluding steroid dienone is 1. The van der Waals surface area contributed by atoms with Gasteiger partial charge in [-0.25, -0.2) is 4.79 Å². The number of carbonyl (C=O) groups is 2. The first-order chi connectivity index (χ1) is 20.6. The summed E-state index contributed by atoms with van der Waals surface area (Å²) in [6, 6.07) is 12.2. The zero-order chi connectivity index (χ0) is 30.7. The average Bonchev–Trinajstić information content (AvgIpc) is 3.12. The second kappa shape index (κ2) is 13.0. The van der Waals surface area contributed by atoms with Crippen LogP contribution in [0.1, 0.15) is 67.1 Å². The maximum absolute atomic E-state index is 13.3. The molecular formula is C34H42N3O5S-. The molecule has 0 unspecified atom stereocenters. The van der Waals surface area contributed by atoms with Crippen LogP contribution in [0.2, 0.25) is 0 Å². The third-order valence-electron chi connectivity index (χ3n) is 9.31. The molecule has 1 N–H and O–H groups in total. The van der Waals surface area contributed by atoms with Crippen molar-refractivity contribution < 1.29 is 23.3 Å². The summed E-state index contributed by atoms with van der Waals surface area (Å²) >= 11 is 0. The Balaban J connectivity index is 1.55. The van der Waals surface area contributed by atoms with Crippen LogP contribution in [0.5, 0.6) is 5.75 Å². The minimum absolute atomic E-state index is 0.0412. The van der Waals surface area contributed by atoms with Gasteiger partial charge >= 0.3 is 5.97 Å². The number of carbonyl (C=O) groups excluding carboxylic acids is 2. The number of ether oxygens (including phenoxy) is 2. The van der Waals surface area contributed by atoms with Crippen molar-refractivity contribution in [2.24, 2.45) is 22.1 Å². The summed E-state index contributed by atoms with van der Waals surface area (Å²) in [5.41, 5.74) is 5.07. The van der Waals surface area contributed by atoms with E-state index in [1.807, 2.05) is 24.3 Å². The van der Waals surface area contributed by atoms with Gasteiger partial charge in [0.05, 0.1) is 12.3 Å². The van der Waals surface area contributed by atoms with Crippen LogP contribution in [0, 0.1) is 30.1 Å². The molecule has 1 spiro atoms. The largest absolute Gasteiger partial charge is 0.490 e. The molecule has 2 bridgehead atoms. The normalized spacial score (nSPS) is 29.0. The number of hydrogen-bond acceptors (Lipinski definition) is 8. The number of nitrogens with one attached hydrogen (secondary N) is 1. The number of fused-ring (bicyclic) bond motifs is 3. The fourth-order valence-electron chi connectivity index (χ4n) is 6.61. The molecule has 43 heavy (non-hydrogen) atoms. The monoisotopic (exact) mass is 604 g/mol. The Morgan fingerprint density at radius 3 is 2.77 bits per heavy atom. The van der Waals surface area contributed by atoms with E-state index in [1.54, 1.807) is 13.0 Å². The maximum Gasteiger partial charge on any atom is 0.349 e. The molecule has 2 aromatic carbocycles. The van der Waals surface area contributed by atoms with Gasteiger partial charge in [0, 0.05) is 24.1 Å². The molecule has 2 aromatic rings. The minimum atomic E-state index is -1.83. The molecule has 9 heteroatoms. The first kappa shape index (κ1) is 31.0. The maximum atomic E-state index is 13.3. The van der Waals surface area contributed by atoms with Crippen molar-refractivity contribution in [3.63, 3.8) is 0 Å². The van der Waals surface area contributed by atoms with Crippen LogP contribution in [0.4, 0.5) is 5.69 Å². The van der Waals surface area contributed by atoms with Crippen molar-refractivity contribution in [2.75, 3.05) is 30.3 Å². The van der Waals surface area contributed by atoms with Crippen LogP contribution in [-0.2, 0) is 36.2 Å². The Bertz CT molecular complexity index is 1510. The van der Waals surface area contributed by atoms with Gasteiger partial charge in [0.15, 0.2) is 0 Å². The highest BCUT2D eigenvalue weighted by atomic mass is 32.2. The molecular weight excluding hydrogens is 562 g/mol. The quantitative estimate of drug-likeness (QED) is 0.190. The van der Waals surface area contributed by atoms with Crippen molar-refractivity contribution in [2.45, 2.75) is 64.9 Å². The van der Waals surface area contributed by atoms with E-state index in [9.17, 15) is 13.8 Å². The van der Waals surface area contributed by atoms with Gasteiger partial charge in [0.1, 0.15) is 18.1 Å². The topological polar surface area (TPSA) is 109 Å². The zero-order valence-corrected chi connectivity index (χ0v) is 26.3. The Labute approximate surface area is 256 Å². The number of esters is 1. The van der Waals surface area contributed by atoms with Gasteiger partial charge in [-0.3, -0.25) is 4.79 Å². The summed E-state index contributed by atoms with van der Waals surface area (Å²) in [7, 11) is -1.83. The van der Waals surface area contributed by atoms with Crippen LogP contribution in [0.25, 0.3) is 0 Å².